The molecule has 0 aliphatic carbocycles. The van der Waals surface area contributed by atoms with Crippen LogP contribution in [0.25, 0.3) is 0 Å². The van der Waals surface area contributed by atoms with Gasteiger partial charge in [0, 0.05) is 6.54 Å². The van der Waals surface area contributed by atoms with E-state index in [-0.39, 0.29) is 6.61 Å². The van der Waals surface area contributed by atoms with Gasteiger partial charge in [-0.2, -0.15) is 0 Å². The molecule has 0 saturated carbocycles. The van der Waals surface area contributed by atoms with E-state index in [1.807, 2.05) is 13.8 Å². The minimum atomic E-state index is -2.43. The lowest BCUT2D eigenvalue weighted by Gasteiger charge is -2.11. The Kier molecular flexibility index (Phi) is 6.27. The number of anilines is 1. The van der Waals surface area contributed by atoms with Gasteiger partial charge in [0.2, 0.25) is 5.88 Å². The van der Waals surface area contributed by atoms with Gasteiger partial charge in [0.05, 0.1) is 18.8 Å². The molecule has 102 valence electrons. The minimum absolute atomic E-state index is 0.192. The average Bonchev–Trinajstić information content (AvgIpc) is 2.33. The zero-order valence-corrected chi connectivity index (χ0v) is 10.4. The Morgan fingerprint density at radius 2 is 2.17 bits per heavy atom. The second kappa shape index (κ2) is 7.75. The van der Waals surface area contributed by atoms with Crippen molar-refractivity contribution in [1.82, 2.24) is 9.97 Å². The number of nitrogens with zero attached hydrogens (tertiary/aromatic N) is 2. The topological polar surface area (TPSA) is 56.3 Å². The number of alkyl halides is 2. The van der Waals surface area contributed by atoms with Crippen LogP contribution in [0.5, 0.6) is 5.88 Å². The monoisotopic (exact) mass is 261 g/mol. The lowest BCUT2D eigenvalue weighted by atomic mass is 10.3. The third-order valence-electron chi connectivity index (χ3n) is 2.10. The number of aromatic nitrogens is 2. The van der Waals surface area contributed by atoms with Gasteiger partial charge >= 0.3 is 0 Å². The van der Waals surface area contributed by atoms with E-state index in [4.69, 9.17) is 9.47 Å². The predicted octanol–water partition coefficient (Wildman–Crippen LogP) is 1.88. The van der Waals surface area contributed by atoms with Crippen LogP contribution >= 0.6 is 0 Å². The van der Waals surface area contributed by atoms with Gasteiger partial charge in [0.1, 0.15) is 18.8 Å². The molecule has 1 N–H and O–H groups in total. The maximum absolute atomic E-state index is 11.8. The molecule has 1 aromatic heterocycles. The number of rotatable bonds is 8. The summed E-state index contributed by atoms with van der Waals surface area (Å²) >= 11 is 0. The molecule has 0 unspecified atom stereocenters. The molecule has 1 aromatic rings. The van der Waals surface area contributed by atoms with Crippen molar-refractivity contribution in [2.24, 2.45) is 0 Å². The van der Waals surface area contributed by atoms with Crippen LogP contribution in [0.15, 0.2) is 6.33 Å². The summed E-state index contributed by atoms with van der Waals surface area (Å²) in [5.74, 6) is 1.14. The molecule has 0 aliphatic rings. The summed E-state index contributed by atoms with van der Waals surface area (Å²) in [5, 5.41) is 2.98. The quantitative estimate of drug-likeness (QED) is 0.724. The molecule has 0 spiro atoms. The van der Waals surface area contributed by atoms with Gasteiger partial charge in [-0.25, -0.2) is 18.7 Å². The smallest absolute Gasteiger partial charge is 0.261 e. The SMILES string of the molecule is CCOc1ncnc(NCCOCC(F)F)c1C. The number of ether oxygens (including phenoxy) is 2. The Morgan fingerprint density at radius 3 is 2.83 bits per heavy atom. The van der Waals surface area contributed by atoms with Gasteiger partial charge < -0.3 is 14.8 Å². The van der Waals surface area contributed by atoms with Crippen molar-refractivity contribution in [2.45, 2.75) is 20.3 Å². The summed E-state index contributed by atoms with van der Waals surface area (Å²) in [7, 11) is 0. The second-order valence-corrected chi connectivity index (χ2v) is 3.48. The number of halogens is 2. The van der Waals surface area contributed by atoms with Gasteiger partial charge in [-0.1, -0.05) is 0 Å². The number of hydrogen-bond acceptors (Lipinski definition) is 5. The Labute approximate surface area is 105 Å². The second-order valence-electron chi connectivity index (χ2n) is 3.48. The van der Waals surface area contributed by atoms with E-state index in [0.717, 1.165) is 5.56 Å². The third kappa shape index (κ3) is 4.79. The van der Waals surface area contributed by atoms with Crippen LogP contribution in [0, 0.1) is 6.92 Å². The van der Waals surface area contributed by atoms with E-state index < -0.39 is 13.0 Å². The van der Waals surface area contributed by atoms with Crippen molar-refractivity contribution < 1.29 is 18.3 Å². The maximum Gasteiger partial charge on any atom is 0.261 e. The minimum Gasteiger partial charge on any atom is -0.478 e. The van der Waals surface area contributed by atoms with E-state index in [9.17, 15) is 8.78 Å². The fraction of sp³-hybridized carbons (Fsp3) is 0.636. The molecule has 0 atom stereocenters. The molecule has 5 nitrogen and oxygen atoms in total. The highest BCUT2D eigenvalue weighted by atomic mass is 19.3. The van der Waals surface area contributed by atoms with Gasteiger partial charge in [-0.15, -0.1) is 0 Å². The molecular weight excluding hydrogens is 244 g/mol. The molecule has 18 heavy (non-hydrogen) atoms. The first-order valence-corrected chi connectivity index (χ1v) is 5.69. The lowest BCUT2D eigenvalue weighted by Crippen LogP contribution is -2.14. The fourth-order valence-corrected chi connectivity index (χ4v) is 1.31. The Morgan fingerprint density at radius 1 is 1.39 bits per heavy atom. The first-order chi connectivity index (χ1) is 8.65. The zero-order chi connectivity index (χ0) is 13.4. The Hall–Kier alpha value is -1.50. The Balaban J connectivity index is 2.40. The van der Waals surface area contributed by atoms with Crippen molar-refractivity contribution in [3.8, 4) is 5.88 Å². The molecule has 0 fully saturated rings. The van der Waals surface area contributed by atoms with Crippen LogP contribution in [-0.2, 0) is 4.74 Å². The van der Waals surface area contributed by atoms with E-state index in [2.05, 4.69) is 15.3 Å². The first-order valence-electron chi connectivity index (χ1n) is 5.69. The van der Waals surface area contributed by atoms with Crippen molar-refractivity contribution in [3.05, 3.63) is 11.9 Å². The van der Waals surface area contributed by atoms with Crippen molar-refractivity contribution in [1.29, 1.82) is 0 Å². The van der Waals surface area contributed by atoms with Crippen LogP contribution in [-0.4, -0.2) is 42.8 Å². The summed E-state index contributed by atoms with van der Waals surface area (Å²) < 4.78 is 33.7. The van der Waals surface area contributed by atoms with E-state index in [0.29, 0.717) is 24.8 Å². The molecule has 0 radical (unpaired) electrons. The first kappa shape index (κ1) is 14.6. The van der Waals surface area contributed by atoms with Gasteiger partial charge in [0.15, 0.2) is 0 Å². The van der Waals surface area contributed by atoms with Crippen molar-refractivity contribution in [3.63, 3.8) is 0 Å². The summed E-state index contributed by atoms with van der Waals surface area (Å²) in [4.78, 5) is 8.04. The largest absolute Gasteiger partial charge is 0.478 e. The third-order valence-corrected chi connectivity index (χ3v) is 2.10. The van der Waals surface area contributed by atoms with Crippen LogP contribution in [0.2, 0.25) is 0 Å². The molecule has 7 heteroatoms. The van der Waals surface area contributed by atoms with Crippen molar-refractivity contribution in [2.75, 3.05) is 31.7 Å². The fourth-order valence-electron chi connectivity index (χ4n) is 1.31. The van der Waals surface area contributed by atoms with Gasteiger partial charge in [-0.05, 0) is 13.8 Å². The molecule has 1 heterocycles. The molecule has 0 bridgehead atoms. The normalized spacial score (nSPS) is 10.7. The predicted molar refractivity (Wildman–Crippen MR) is 63.3 cm³/mol. The van der Waals surface area contributed by atoms with E-state index in [1.165, 1.54) is 6.33 Å². The molecule has 0 saturated heterocycles. The highest BCUT2D eigenvalue weighted by molar-refractivity contribution is 5.47. The summed E-state index contributed by atoms with van der Waals surface area (Å²) in [5.41, 5.74) is 0.785. The van der Waals surface area contributed by atoms with Crippen LogP contribution in [0.3, 0.4) is 0 Å². The zero-order valence-electron chi connectivity index (χ0n) is 10.4. The standard InChI is InChI=1S/C11H17F2N3O2/c1-3-18-11-8(2)10(15-7-16-11)14-4-5-17-6-9(12)13/h7,9H,3-6H2,1-2H3,(H,14,15,16). The summed E-state index contributed by atoms with van der Waals surface area (Å²) in [6.45, 7) is 4.26. The van der Waals surface area contributed by atoms with Crippen LogP contribution < -0.4 is 10.1 Å². The molecule has 1 rings (SSSR count). The molecular formula is C11H17F2N3O2. The Bertz CT molecular complexity index is 364. The lowest BCUT2D eigenvalue weighted by molar-refractivity contribution is 0.0214. The van der Waals surface area contributed by atoms with Crippen LogP contribution in [0.4, 0.5) is 14.6 Å². The molecule has 0 aromatic carbocycles. The summed E-state index contributed by atoms with van der Waals surface area (Å²) in [6, 6.07) is 0. The number of nitrogens with one attached hydrogen (secondary N) is 1. The number of hydrogen-bond donors (Lipinski definition) is 1. The maximum atomic E-state index is 11.8. The highest BCUT2D eigenvalue weighted by Crippen LogP contribution is 2.19. The van der Waals surface area contributed by atoms with Gasteiger partial charge in [-0.3, -0.25) is 0 Å². The van der Waals surface area contributed by atoms with Crippen LogP contribution in [0.1, 0.15) is 12.5 Å². The average molecular weight is 261 g/mol. The van der Waals surface area contributed by atoms with Gasteiger partial charge in [0.25, 0.3) is 6.43 Å². The van der Waals surface area contributed by atoms with Crippen molar-refractivity contribution >= 4 is 5.82 Å². The van der Waals surface area contributed by atoms with E-state index in [1.54, 1.807) is 0 Å². The van der Waals surface area contributed by atoms with E-state index >= 15 is 0 Å². The molecule has 0 aliphatic heterocycles. The highest BCUT2D eigenvalue weighted by Gasteiger charge is 2.07. The summed E-state index contributed by atoms with van der Waals surface area (Å²) in [6.07, 6.45) is -1.05. The molecule has 0 amide bonds.